The van der Waals surface area contributed by atoms with Crippen LogP contribution in [0.25, 0.3) is 10.9 Å². The van der Waals surface area contributed by atoms with Crippen molar-refractivity contribution in [3.05, 3.63) is 62.9 Å². The molecular formula is C21H20BrN3O4S. The number of hydrogen-bond donors (Lipinski definition) is 2. The third-order valence-corrected chi connectivity index (χ3v) is 6.82. The van der Waals surface area contributed by atoms with E-state index >= 15 is 0 Å². The number of anilines is 1. The summed E-state index contributed by atoms with van der Waals surface area (Å²) in [6.45, 7) is 4.55. The van der Waals surface area contributed by atoms with Crippen LogP contribution in [0.4, 0.5) is 5.69 Å². The average Bonchev–Trinajstić information content (AvgIpc) is 2.67. The summed E-state index contributed by atoms with van der Waals surface area (Å²) in [5, 5.41) is 14.3. The number of amidine groups is 1. The summed E-state index contributed by atoms with van der Waals surface area (Å²) in [6, 6.07) is 11.6. The second kappa shape index (κ2) is 7.55. The molecule has 0 aliphatic carbocycles. The number of aryl methyl sites for hydroxylation is 1. The zero-order valence-corrected chi connectivity index (χ0v) is 18.8. The van der Waals surface area contributed by atoms with Crippen molar-refractivity contribution in [3.8, 4) is 5.75 Å². The first kappa shape index (κ1) is 20.6. The van der Waals surface area contributed by atoms with Crippen LogP contribution in [0.5, 0.6) is 5.75 Å². The SMILES string of the molecule is CC(C)CCn1c(=O)c(C2=NS(=O)(=O)c3ccc(Br)cc3N2)c(O)c2ccccc21. The minimum absolute atomic E-state index is 0.00913. The standard InChI is InChI=1S/C21H20BrN3O4S/c1-12(2)9-10-25-16-6-4-3-5-14(16)19(26)18(21(25)27)20-23-15-11-13(22)7-8-17(15)30(28,29)24-20/h3-8,11-12,26H,9-10H2,1-2H3,(H,23,24). The van der Waals surface area contributed by atoms with Crippen molar-refractivity contribution in [2.24, 2.45) is 10.3 Å². The van der Waals surface area contributed by atoms with Crippen LogP contribution in [0.1, 0.15) is 25.8 Å². The first-order valence-electron chi connectivity index (χ1n) is 9.45. The van der Waals surface area contributed by atoms with Crippen molar-refractivity contribution in [3.63, 3.8) is 0 Å². The van der Waals surface area contributed by atoms with Gasteiger partial charge >= 0.3 is 0 Å². The van der Waals surface area contributed by atoms with E-state index in [4.69, 9.17) is 0 Å². The number of pyridine rings is 1. The summed E-state index contributed by atoms with van der Waals surface area (Å²) >= 11 is 3.32. The fourth-order valence-corrected chi connectivity index (χ4v) is 4.93. The van der Waals surface area contributed by atoms with Gasteiger partial charge in [-0.1, -0.05) is 41.9 Å². The Balaban J connectivity index is 1.98. The number of hydrogen-bond acceptors (Lipinski definition) is 5. The van der Waals surface area contributed by atoms with Gasteiger partial charge in [0, 0.05) is 16.4 Å². The molecule has 3 aromatic rings. The van der Waals surface area contributed by atoms with Gasteiger partial charge < -0.3 is 15.0 Å². The van der Waals surface area contributed by atoms with Crippen LogP contribution in [0, 0.1) is 5.92 Å². The fourth-order valence-electron chi connectivity index (χ4n) is 3.47. The predicted molar refractivity (Wildman–Crippen MR) is 121 cm³/mol. The lowest BCUT2D eigenvalue weighted by Crippen LogP contribution is -2.33. The summed E-state index contributed by atoms with van der Waals surface area (Å²) in [7, 11) is -4.04. The third kappa shape index (κ3) is 3.52. The van der Waals surface area contributed by atoms with Gasteiger partial charge in [0.1, 0.15) is 16.2 Å². The normalized spacial score (nSPS) is 15.0. The van der Waals surface area contributed by atoms with E-state index in [1.807, 2.05) is 0 Å². The molecule has 0 amide bonds. The van der Waals surface area contributed by atoms with Crippen molar-refractivity contribution >= 4 is 48.4 Å². The highest BCUT2D eigenvalue weighted by Crippen LogP contribution is 2.33. The monoisotopic (exact) mass is 489 g/mol. The number of aromatic nitrogens is 1. The number of rotatable bonds is 4. The summed E-state index contributed by atoms with van der Waals surface area (Å²) < 4.78 is 31.5. The number of fused-ring (bicyclic) bond motifs is 2. The molecule has 1 aliphatic heterocycles. The number of aromatic hydroxyl groups is 1. The minimum Gasteiger partial charge on any atom is -0.506 e. The Morgan fingerprint density at radius 1 is 1.20 bits per heavy atom. The molecule has 7 nitrogen and oxygen atoms in total. The fraction of sp³-hybridized carbons (Fsp3) is 0.238. The smallest absolute Gasteiger partial charge is 0.286 e. The van der Waals surface area contributed by atoms with E-state index in [-0.39, 0.29) is 27.7 Å². The number of halogens is 1. The Bertz CT molecular complexity index is 1360. The Morgan fingerprint density at radius 3 is 2.67 bits per heavy atom. The molecule has 0 unspecified atom stereocenters. The van der Waals surface area contributed by atoms with E-state index < -0.39 is 15.6 Å². The van der Waals surface area contributed by atoms with Crippen LogP contribution in [0.3, 0.4) is 0 Å². The molecule has 2 N–H and O–H groups in total. The van der Waals surface area contributed by atoms with Crippen LogP contribution < -0.4 is 10.9 Å². The Kier molecular flexibility index (Phi) is 5.19. The topological polar surface area (TPSA) is 101 Å². The largest absolute Gasteiger partial charge is 0.506 e. The van der Waals surface area contributed by atoms with Crippen LogP contribution in [0.15, 0.2) is 61.0 Å². The van der Waals surface area contributed by atoms with Crippen LogP contribution in [-0.2, 0) is 16.6 Å². The van der Waals surface area contributed by atoms with E-state index in [2.05, 4.69) is 39.5 Å². The van der Waals surface area contributed by atoms with E-state index in [1.54, 1.807) is 41.0 Å². The third-order valence-electron chi connectivity index (χ3n) is 5.00. The summed E-state index contributed by atoms with van der Waals surface area (Å²) in [6.07, 6.45) is 0.752. The second-order valence-corrected chi connectivity index (χ2v) is 10.0. The van der Waals surface area contributed by atoms with Crippen molar-refractivity contribution in [1.82, 2.24) is 4.57 Å². The minimum atomic E-state index is -4.04. The van der Waals surface area contributed by atoms with Gasteiger partial charge in [-0.15, -0.1) is 4.40 Å². The van der Waals surface area contributed by atoms with Crippen molar-refractivity contribution in [2.75, 3.05) is 5.32 Å². The van der Waals surface area contributed by atoms with Crippen LogP contribution in [-0.4, -0.2) is 23.9 Å². The Hall–Kier alpha value is -2.65. The van der Waals surface area contributed by atoms with Crippen molar-refractivity contribution < 1.29 is 13.5 Å². The molecule has 0 fully saturated rings. The number of benzene rings is 2. The van der Waals surface area contributed by atoms with Gasteiger partial charge in [-0.05, 0) is 42.7 Å². The van der Waals surface area contributed by atoms with E-state index in [0.717, 1.165) is 6.42 Å². The van der Waals surface area contributed by atoms with Gasteiger partial charge in [-0.2, -0.15) is 8.42 Å². The second-order valence-electron chi connectivity index (χ2n) is 7.56. The Labute approximate surface area is 182 Å². The van der Waals surface area contributed by atoms with E-state index in [0.29, 0.717) is 27.8 Å². The van der Waals surface area contributed by atoms with Gasteiger partial charge in [-0.3, -0.25) is 4.79 Å². The predicted octanol–water partition coefficient (Wildman–Crippen LogP) is 4.08. The highest BCUT2D eigenvalue weighted by Gasteiger charge is 2.30. The molecule has 156 valence electrons. The zero-order chi connectivity index (χ0) is 21.6. The number of nitrogens with one attached hydrogen (secondary N) is 1. The maximum absolute atomic E-state index is 13.4. The number of para-hydroxylation sites is 1. The zero-order valence-electron chi connectivity index (χ0n) is 16.4. The molecule has 1 aliphatic rings. The molecule has 0 saturated carbocycles. The maximum Gasteiger partial charge on any atom is 0.286 e. The molecule has 1 aromatic heterocycles. The number of nitrogens with zero attached hydrogens (tertiary/aromatic N) is 2. The summed E-state index contributed by atoms with van der Waals surface area (Å²) in [4.78, 5) is 13.4. The van der Waals surface area contributed by atoms with Crippen molar-refractivity contribution in [2.45, 2.75) is 31.7 Å². The summed E-state index contributed by atoms with van der Waals surface area (Å²) in [5.74, 6) is -0.119. The van der Waals surface area contributed by atoms with Crippen molar-refractivity contribution in [1.29, 1.82) is 0 Å². The lowest BCUT2D eigenvalue weighted by atomic mass is 10.1. The lowest BCUT2D eigenvalue weighted by molar-refractivity contribution is 0.474. The van der Waals surface area contributed by atoms with Gasteiger partial charge in [0.05, 0.1) is 11.2 Å². The average molecular weight is 490 g/mol. The van der Waals surface area contributed by atoms with Crippen LogP contribution >= 0.6 is 15.9 Å². The van der Waals surface area contributed by atoms with Gasteiger partial charge in [0.25, 0.3) is 15.6 Å². The van der Waals surface area contributed by atoms with Gasteiger partial charge in [0.2, 0.25) is 0 Å². The van der Waals surface area contributed by atoms with Crippen LogP contribution in [0.2, 0.25) is 0 Å². The molecule has 9 heteroatoms. The molecule has 0 saturated heterocycles. The van der Waals surface area contributed by atoms with E-state index in [1.165, 1.54) is 6.07 Å². The molecule has 0 bridgehead atoms. The molecule has 0 spiro atoms. The molecule has 30 heavy (non-hydrogen) atoms. The lowest BCUT2D eigenvalue weighted by Gasteiger charge is -2.21. The molecule has 4 rings (SSSR count). The summed E-state index contributed by atoms with van der Waals surface area (Å²) in [5.41, 5.74) is 0.222. The molecule has 0 atom stereocenters. The molecule has 2 aromatic carbocycles. The first-order chi connectivity index (χ1) is 14.2. The van der Waals surface area contributed by atoms with Gasteiger partial charge in [0.15, 0.2) is 5.84 Å². The molecule has 2 heterocycles. The highest BCUT2D eigenvalue weighted by atomic mass is 79.9. The molecule has 0 radical (unpaired) electrons. The van der Waals surface area contributed by atoms with E-state index in [9.17, 15) is 18.3 Å². The van der Waals surface area contributed by atoms with Gasteiger partial charge in [-0.25, -0.2) is 0 Å². The quantitative estimate of drug-likeness (QED) is 0.574. The Morgan fingerprint density at radius 2 is 1.93 bits per heavy atom. The maximum atomic E-state index is 13.4. The highest BCUT2D eigenvalue weighted by molar-refractivity contribution is 9.10. The number of sulfonamides is 1. The molecular weight excluding hydrogens is 470 g/mol. The first-order valence-corrected chi connectivity index (χ1v) is 11.7.